The van der Waals surface area contributed by atoms with Crippen LogP contribution in [0.15, 0.2) is 28.8 Å². The molecule has 1 aromatic heterocycles. The van der Waals surface area contributed by atoms with Gasteiger partial charge in [-0.3, -0.25) is 4.79 Å². The van der Waals surface area contributed by atoms with Crippen molar-refractivity contribution in [3.05, 3.63) is 36.0 Å². The first-order valence-electron chi connectivity index (χ1n) is 9.27. The summed E-state index contributed by atoms with van der Waals surface area (Å²) in [4.78, 5) is 19.5. The number of aromatic nitrogens is 2. The summed E-state index contributed by atoms with van der Waals surface area (Å²) in [6, 6.07) is 7.26. The Labute approximate surface area is 151 Å². The normalized spacial score (nSPS) is 27.6. The molecule has 1 amide bonds. The molecule has 3 aliphatic rings. The molecule has 0 bridgehead atoms. The molecule has 0 spiro atoms. The van der Waals surface area contributed by atoms with Crippen molar-refractivity contribution in [1.29, 1.82) is 0 Å². The van der Waals surface area contributed by atoms with Gasteiger partial charge in [0.1, 0.15) is 12.1 Å². The first kappa shape index (κ1) is 15.7. The number of carbonyl (C=O) groups excluding carboxylic acids is 1. The van der Waals surface area contributed by atoms with Crippen LogP contribution in [0.3, 0.4) is 0 Å². The van der Waals surface area contributed by atoms with Gasteiger partial charge in [-0.2, -0.15) is 4.98 Å². The summed E-state index contributed by atoms with van der Waals surface area (Å²) >= 11 is 0. The minimum Gasteiger partial charge on any atom is -0.482 e. The maximum atomic E-state index is 13.2. The molecule has 2 aliphatic heterocycles. The predicted octanol–water partition coefficient (Wildman–Crippen LogP) is 2.84. The number of ether oxygens (including phenoxy) is 2. The van der Waals surface area contributed by atoms with Gasteiger partial charge >= 0.3 is 0 Å². The lowest BCUT2D eigenvalue weighted by Crippen LogP contribution is -2.50. The van der Waals surface area contributed by atoms with Crippen LogP contribution in [0.5, 0.6) is 11.5 Å². The molecule has 1 aromatic carbocycles. The average Bonchev–Trinajstić information content (AvgIpc) is 3.19. The van der Waals surface area contributed by atoms with Gasteiger partial charge in [0.05, 0.1) is 0 Å². The van der Waals surface area contributed by atoms with Gasteiger partial charge < -0.3 is 18.9 Å². The highest BCUT2D eigenvalue weighted by atomic mass is 16.6. The molecule has 3 unspecified atom stereocenters. The third kappa shape index (κ3) is 2.62. The van der Waals surface area contributed by atoms with Gasteiger partial charge in [0.25, 0.3) is 5.91 Å². The van der Waals surface area contributed by atoms with Crippen molar-refractivity contribution in [3.8, 4) is 11.5 Å². The number of para-hydroxylation sites is 2. The van der Waals surface area contributed by atoms with Crippen molar-refractivity contribution in [1.82, 2.24) is 15.0 Å². The molecule has 5 rings (SSSR count). The molecule has 2 fully saturated rings. The predicted molar refractivity (Wildman–Crippen MR) is 90.9 cm³/mol. The maximum absolute atomic E-state index is 13.2. The molecule has 2 aromatic rings. The van der Waals surface area contributed by atoms with Crippen LogP contribution >= 0.6 is 0 Å². The Morgan fingerprint density at radius 1 is 1.15 bits per heavy atom. The summed E-state index contributed by atoms with van der Waals surface area (Å²) in [6.45, 7) is 2.53. The Morgan fingerprint density at radius 3 is 2.69 bits per heavy atom. The van der Waals surface area contributed by atoms with E-state index in [2.05, 4.69) is 10.1 Å². The minimum absolute atomic E-state index is 0.0827. The second kappa shape index (κ2) is 6.00. The molecule has 1 saturated carbocycles. The lowest BCUT2D eigenvalue weighted by atomic mass is 10.1. The van der Waals surface area contributed by atoms with Crippen LogP contribution in [-0.2, 0) is 4.79 Å². The zero-order chi connectivity index (χ0) is 17.7. The van der Waals surface area contributed by atoms with E-state index in [4.69, 9.17) is 14.0 Å². The van der Waals surface area contributed by atoms with Crippen LogP contribution in [0.1, 0.15) is 56.3 Å². The van der Waals surface area contributed by atoms with Crippen LogP contribution < -0.4 is 9.47 Å². The molecule has 1 saturated heterocycles. The van der Waals surface area contributed by atoms with Gasteiger partial charge in [-0.1, -0.05) is 17.3 Å². The van der Waals surface area contributed by atoms with Crippen LogP contribution in [0.2, 0.25) is 0 Å². The summed E-state index contributed by atoms with van der Waals surface area (Å²) in [5.74, 6) is 2.95. The number of benzene rings is 1. The smallest absolute Gasteiger partial charge is 0.268 e. The fraction of sp³-hybridized carbons (Fsp3) is 0.526. The number of fused-ring (bicyclic) bond motifs is 1. The van der Waals surface area contributed by atoms with Crippen LogP contribution in [0.4, 0.5) is 0 Å². The maximum Gasteiger partial charge on any atom is 0.268 e. The Morgan fingerprint density at radius 2 is 1.92 bits per heavy atom. The molecule has 0 radical (unpaired) electrons. The molecule has 7 nitrogen and oxygen atoms in total. The van der Waals surface area contributed by atoms with E-state index < -0.39 is 6.10 Å². The van der Waals surface area contributed by atoms with E-state index in [0.717, 1.165) is 31.5 Å². The van der Waals surface area contributed by atoms with Gasteiger partial charge in [0.2, 0.25) is 12.0 Å². The van der Waals surface area contributed by atoms with E-state index in [1.807, 2.05) is 36.1 Å². The molecule has 1 aliphatic carbocycles. The molecule has 136 valence electrons. The lowest BCUT2D eigenvalue weighted by molar-refractivity contribution is -0.145. The van der Waals surface area contributed by atoms with E-state index >= 15 is 0 Å². The average molecular weight is 355 g/mol. The number of carbonyl (C=O) groups is 1. The van der Waals surface area contributed by atoms with E-state index in [9.17, 15) is 4.79 Å². The summed E-state index contributed by atoms with van der Waals surface area (Å²) < 4.78 is 17.3. The topological polar surface area (TPSA) is 77.7 Å². The second-order valence-corrected chi connectivity index (χ2v) is 7.26. The minimum atomic E-state index is -0.670. The Balaban J connectivity index is 1.37. The van der Waals surface area contributed by atoms with Crippen molar-refractivity contribution in [2.75, 3.05) is 6.54 Å². The van der Waals surface area contributed by atoms with Gasteiger partial charge in [-0.15, -0.1) is 0 Å². The Hall–Kier alpha value is -2.57. The van der Waals surface area contributed by atoms with E-state index in [-0.39, 0.29) is 18.1 Å². The van der Waals surface area contributed by atoms with Crippen LogP contribution in [-0.4, -0.2) is 39.7 Å². The molecule has 7 heteroatoms. The van der Waals surface area contributed by atoms with E-state index in [0.29, 0.717) is 29.9 Å². The highest BCUT2D eigenvalue weighted by Gasteiger charge is 2.43. The van der Waals surface area contributed by atoms with E-state index in [1.54, 1.807) is 0 Å². The van der Waals surface area contributed by atoms with Gasteiger partial charge in [-0.25, -0.2) is 0 Å². The monoisotopic (exact) mass is 355 g/mol. The van der Waals surface area contributed by atoms with E-state index in [1.165, 1.54) is 0 Å². The summed E-state index contributed by atoms with van der Waals surface area (Å²) in [5.41, 5.74) is 0. The number of rotatable bonds is 3. The summed E-state index contributed by atoms with van der Waals surface area (Å²) in [6.07, 6.45) is 2.96. The van der Waals surface area contributed by atoms with Crippen molar-refractivity contribution < 1.29 is 18.8 Å². The number of nitrogens with zero attached hydrogens (tertiary/aromatic N) is 3. The zero-order valence-electron chi connectivity index (χ0n) is 14.6. The second-order valence-electron chi connectivity index (χ2n) is 7.26. The molecular formula is C19H21N3O4. The third-order valence-electron chi connectivity index (χ3n) is 5.31. The quantitative estimate of drug-likeness (QED) is 0.842. The number of likely N-dealkylation sites (tertiary alicyclic amines) is 1. The van der Waals surface area contributed by atoms with Crippen molar-refractivity contribution in [2.45, 2.75) is 56.8 Å². The first-order chi connectivity index (χ1) is 12.7. The highest BCUT2D eigenvalue weighted by Crippen LogP contribution is 2.40. The molecule has 26 heavy (non-hydrogen) atoms. The molecule has 3 heterocycles. The fourth-order valence-electron chi connectivity index (χ4n) is 3.73. The molecule has 3 atom stereocenters. The molecule has 0 N–H and O–H groups in total. The zero-order valence-corrected chi connectivity index (χ0v) is 14.6. The number of hydrogen-bond acceptors (Lipinski definition) is 6. The van der Waals surface area contributed by atoms with Gasteiger partial charge in [0.15, 0.2) is 17.3 Å². The summed E-state index contributed by atoms with van der Waals surface area (Å²) in [5, 5.41) is 4.09. The van der Waals surface area contributed by atoms with Crippen molar-refractivity contribution in [2.24, 2.45) is 0 Å². The first-order valence-corrected chi connectivity index (χ1v) is 9.27. The number of amides is 1. The highest BCUT2D eigenvalue weighted by molar-refractivity contribution is 5.83. The van der Waals surface area contributed by atoms with Gasteiger partial charge in [0, 0.05) is 12.5 Å². The van der Waals surface area contributed by atoms with Gasteiger partial charge in [-0.05, 0) is 44.7 Å². The van der Waals surface area contributed by atoms with Crippen molar-refractivity contribution >= 4 is 5.91 Å². The SMILES string of the molecule is CC1Oc2ccccc2OC1C(=O)N1CCCC1c1nc(C2CC2)no1. The standard InChI is InChI=1S/C19H21N3O4/c1-11-16(25-15-7-3-2-6-14(15)24-11)19(23)22-10-4-5-13(22)18-20-17(21-26-18)12-8-9-12/h2-3,6-7,11-13,16H,4-5,8-10H2,1H3. The van der Waals surface area contributed by atoms with Crippen molar-refractivity contribution in [3.63, 3.8) is 0 Å². The van der Waals surface area contributed by atoms with Crippen LogP contribution in [0.25, 0.3) is 0 Å². The summed E-state index contributed by atoms with van der Waals surface area (Å²) in [7, 11) is 0. The lowest BCUT2D eigenvalue weighted by Gasteiger charge is -2.34. The number of hydrogen-bond donors (Lipinski definition) is 0. The Kier molecular flexibility index (Phi) is 3.62. The molecular weight excluding hydrogens is 334 g/mol. The Bertz CT molecular complexity index is 832. The fourth-order valence-corrected chi connectivity index (χ4v) is 3.73. The third-order valence-corrected chi connectivity index (χ3v) is 5.31. The largest absolute Gasteiger partial charge is 0.482 e. The van der Waals surface area contributed by atoms with Crippen LogP contribution in [0, 0.1) is 0 Å².